The summed E-state index contributed by atoms with van der Waals surface area (Å²) in [5.74, 6) is 1.44. The number of rotatable bonds is 12. The summed E-state index contributed by atoms with van der Waals surface area (Å²) in [5.41, 5.74) is 0.294. The van der Waals surface area contributed by atoms with Crippen LogP contribution in [0.15, 0.2) is 54.6 Å². The Morgan fingerprint density at radius 1 is 1.19 bits per heavy atom. The SMILES string of the molecule is CC(O)(C=C[C@H]1CCC(=O)C1SCCCSCC(=O)O)CCc1ccc2ccccc2c1. The Bertz CT molecular complexity index is 954. The molecule has 3 rings (SSSR count). The van der Waals surface area contributed by atoms with Crippen molar-refractivity contribution in [1.82, 2.24) is 0 Å². The maximum Gasteiger partial charge on any atom is 0.313 e. The summed E-state index contributed by atoms with van der Waals surface area (Å²) < 4.78 is 0. The van der Waals surface area contributed by atoms with Crippen LogP contribution in [0.2, 0.25) is 0 Å². The normalized spacial score (nSPS) is 20.8. The molecule has 0 radical (unpaired) electrons. The highest BCUT2D eigenvalue weighted by Gasteiger charge is 2.33. The number of carbonyl (C=O) groups is 2. The van der Waals surface area contributed by atoms with Gasteiger partial charge in [0.15, 0.2) is 0 Å². The first-order valence-corrected chi connectivity index (χ1v) is 13.4. The summed E-state index contributed by atoms with van der Waals surface area (Å²) in [7, 11) is 0. The van der Waals surface area contributed by atoms with Crippen LogP contribution in [-0.4, -0.2) is 50.1 Å². The van der Waals surface area contributed by atoms with Crippen LogP contribution >= 0.6 is 23.5 Å². The van der Waals surface area contributed by atoms with Crippen LogP contribution in [0.5, 0.6) is 0 Å². The second kappa shape index (κ2) is 11.9. The van der Waals surface area contributed by atoms with Gasteiger partial charge in [-0.25, -0.2) is 0 Å². The van der Waals surface area contributed by atoms with Crippen LogP contribution in [0.3, 0.4) is 0 Å². The van der Waals surface area contributed by atoms with Gasteiger partial charge in [-0.3, -0.25) is 9.59 Å². The predicted molar refractivity (Wildman–Crippen MR) is 136 cm³/mol. The number of fused-ring (bicyclic) bond motifs is 1. The first-order valence-electron chi connectivity index (χ1n) is 11.2. The van der Waals surface area contributed by atoms with Gasteiger partial charge in [0.2, 0.25) is 0 Å². The highest BCUT2D eigenvalue weighted by atomic mass is 32.2. The highest BCUT2D eigenvalue weighted by Crippen LogP contribution is 2.34. The lowest BCUT2D eigenvalue weighted by Crippen LogP contribution is -2.23. The molecule has 0 saturated heterocycles. The van der Waals surface area contributed by atoms with Gasteiger partial charge in [0.1, 0.15) is 5.78 Å². The Hall–Kier alpha value is -1.76. The topological polar surface area (TPSA) is 74.6 Å². The third-order valence-electron chi connectivity index (χ3n) is 5.82. The van der Waals surface area contributed by atoms with E-state index in [0.717, 1.165) is 30.8 Å². The molecule has 2 unspecified atom stereocenters. The second-order valence-corrected chi connectivity index (χ2v) is 11.0. The summed E-state index contributed by atoms with van der Waals surface area (Å²) in [6, 6.07) is 14.7. The van der Waals surface area contributed by atoms with Crippen molar-refractivity contribution in [2.24, 2.45) is 5.92 Å². The predicted octanol–water partition coefficient (Wildman–Crippen LogP) is 5.37. The third-order valence-corrected chi connectivity index (χ3v) is 8.35. The van der Waals surface area contributed by atoms with E-state index in [4.69, 9.17) is 5.11 Å². The van der Waals surface area contributed by atoms with Gasteiger partial charge >= 0.3 is 5.97 Å². The Balaban J connectivity index is 1.48. The van der Waals surface area contributed by atoms with Gasteiger partial charge < -0.3 is 10.2 Å². The number of carboxylic acid groups (broad SMARTS) is 1. The number of hydrogen-bond donors (Lipinski definition) is 2. The maximum absolute atomic E-state index is 12.3. The van der Waals surface area contributed by atoms with Gasteiger partial charge in [-0.05, 0) is 66.4 Å². The lowest BCUT2D eigenvalue weighted by molar-refractivity contribution is -0.133. The molecule has 0 aromatic heterocycles. The van der Waals surface area contributed by atoms with E-state index in [1.165, 1.54) is 28.1 Å². The number of hydrogen-bond acceptors (Lipinski definition) is 5. The van der Waals surface area contributed by atoms with Gasteiger partial charge in [-0.1, -0.05) is 54.6 Å². The minimum absolute atomic E-state index is 0.0491. The summed E-state index contributed by atoms with van der Waals surface area (Å²) >= 11 is 3.10. The molecule has 0 aliphatic heterocycles. The minimum atomic E-state index is -0.917. The van der Waals surface area contributed by atoms with E-state index in [1.54, 1.807) is 11.8 Å². The quantitative estimate of drug-likeness (QED) is 0.320. The molecule has 3 atom stereocenters. The number of carboxylic acids is 1. The van der Waals surface area contributed by atoms with Crippen molar-refractivity contribution >= 4 is 46.0 Å². The smallest absolute Gasteiger partial charge is 0.313 e. The number of carbonyl (C=O) groups excluding carboxylic acids is 1. The molecular formula is C26H32O4S2. The van der Waals surface area contributed by atoms with Crippen molar-refractivity contribution in [3.63, 3.8) is 0 Å². The van der Waals surface area contributed by atoms with Crippen LogP contribution in [-0.2, 0) is 16.0 Å². The van der Waals surface area contributed by atoms with E-state index in [-0.39, 0.29) is 16.9 Å². The summed E-state index contributed by atoms with van der Waals surface area (Å²) in [6.45, 7) is 1.84. The zero-order valence-electron chi connectivity index (χ0n) is 18.5. The molecule has 1 saturated carbocycles. The summed E-state index contributed by atoms with van der Waals surface area (Å²) in [6.07, 6.45) is 7.67. The van der Waals surface area contributed by atoms with Crippen molar-refractivity contribution < 1.29 is 19.8 Å². The van der Waals surface area contributed by atoms with Crippen LogP contribution in [0, 0.1) is 5.92 Å². The molecule has 6 heteroatoms. The number of aliphatic hydroxyl groups is 1. The van der Waals surface area contributed by atoms with Crippen LogP contribution in [0.1, 0.15) is 38.2 Å². The Labute approximate surface area is 198 Å². The first kappa shape index (κ1) is 24.9. The number of benzene rings is 2. The van der Waals surface area contributed by atoms with E-state index in [2.05, 4.69) is 30.3 Å². The maximum atomic E-state index is 12.3. The van der Waals surface area contributed by atoms with Crippen molar-refractivity contribution in [2.75, 3.05) is 17.3 Å². The van der Waals surface area contributed by atoms with E-state index >= 15 is 0 Å². The molecular weight excluding hydrogens is 440 g/mol. The number of Topliss-reactive ketones (excluding diaryl/α,β-unsaturated/α-hetero) is 1. The lowest BCUT2D eigenvalue weighted by Gasteiger charge is -2.21. The monoisotopic (exact) mass is 472 g/mol. The first-order chi connectivity index (χ1) is 15.3. The largest absolute Gasteiger partial charge is 0.481 e. The molecule has 1 fully saturated rings. The second-order valence-electron chi connectivity index (χ2n) is 8.66. The molecule has 1 aliphatic carbocycles. The summed E-state index contributed by atoms with van der Waals surface area (Å²) in [4.78, 5) is 22.9. The highest BCUT2D eigenvalue weighted by molar-refractivity contribution is 8.01. The summed E-state index contributed by atoms with van der Waals surface area (Å²) in [5, 5.41) is 22.0. The molecule has 0 amide bonds. The van der Waals surface area contributed by atoms with Gasteiger partial charge in [0.05, 0.1) is 16.6 Å². The van der Waals surface area contributed by atoms with E-state index in [9.17, 15) is 14.7 Å². The fourth-order valence-corrected chi connectivity index (χ4v) is 6.18. The standard InChI is InChI=1S/C26H32O4S2/c1-26(30,13-11-19-7-8-20-5-2-3-6-22(20)17-19)14-12-21-9-10-23(27)25(21)32-16-4-15-31-18-24(28)29/h2-3,5-8,12,14,17,21,25,30H,4,9-11,13,15-16,18H2,1H3,(H,28,29)/t21-,25?,26?/m1/s1. The van der Waals surface area contributed by atoms with Gasteiger partial charge in [0, 0.05) is 6.42 Å². The zero-order chi connectivity index (χ0) is 23.0. The number of thioether (sulfide) groups is 2. The number of aliphatic carboxylic acids is 1. The molecule has 2 N–H and O–H groups in total. The Kier molecular flexibility index (Phi) is 9.26. The van der Waals surface area contributed by atoms with Crippen molar-refractivity contribution in [3.8, 4) is 0 Å². The van der Waals surface area contributed by atoms with Crippen LogP contribution in [0.4, 0.5) is 0 Å². The number of allylic oxidation sites excluding steroid dienone is 1. The van der Waals surface area contributed by atoms with Crippen molar-refractivity contribution in [3.05, 3.63) is 60.2 Å². The van der Waals surface area contributed by atoms with Gasteiger partial charge in [-0.2, -0.15) is 11.8 Å². The lowest BCUT2D eigenvalue weighted by atomic mass is 9.93. The Morgan fingerprint density at radius 2 is 1.97 bits per heavy atom. The third kappa shape index (κ3) is 7.68. The fraction of sp³-hybridized carbons (Fsp3) is 0.462. The molecule has 0 heterocycles. The van der Waals surface area contributed by atoms with Crippen LogP contribution in [0.25, 0.3) is 10.8 Å². The van der Waals surface area contributed by atoms with Crippen LogP contribution < -0.4 is 0 Å². The van der Waals surface area contributed by atoms with E-state index in [0.29, 0.717) is 18.6 Å². The molecule has 172 valence electrons. The van der Waals surface area contributed by atoms with Gasteiger partial charge in [-0.15, -0.1) is 11.8 Å². The average Bonchev–Trinajstić information content (AvgIpc) is 3.12. The molecule has 0 spiro atoms. The molecule has 1 aliphatic rings. The van der Waals surface area contributed by atoms with Gasteiger partial charge in [0.25, 0.3) is 0 Å². The minimum Gasteiger partial charge on any atom is -0.481 e. The average molecular weight is 473 g/mol. The Morgan fingerprint density at radius 3 is 2.75 bits per heavy atom. The fourth-order valence-electron chi connectivity index (χ4n) is 3.99. The van der Waals surface area contributed by atoms with Crippen molar-refractivity contribution in [1.29, 1.82) is 0 Å². The molecule has 2 aromatic carbocycles. The molecule has 4 nitrogen and oxygen atoms in total. The molecule has 2 aromatic rings. The molecule has 32 heavy (non-hydrogen) atoms. The zero-order valence-corrected chi connectivity index (χ0v) is 20.2. The van der Waals surface area contributed by atoms with E-state index in [1.807, 2.05) is 31.2 Å². The molecule has 0 bridgehead atoms. The number of ketones is 1. The van der Waals surface area contributed by atoms with Crippen molar-refractivity contribution in [2.45, 2.75) is 49.9 Å². The number of aryl methyl sites for hydroxylation is 1. The van der Waals surface area contributed by atoms with E-state index < -0.39 is 11.6 Å².